The van der Waals surface area contributed by atoms with Gasteiger partial charge in [-0.1, -0.05) is 58.8 Å². The standard InChI is InChI=1S/C28H38N2O4/c1-5-9-15-30(16-10-6-2)22-14-11-19(17-24(22)32)25-27(33)26(28(25)34)21-13-12-20(18-23(21)31)29(7-3)8-4/h11-14,17-18,20,31-33H,5-10,15-16H2,1-4H3. The van der Waals surface area contributed by atoms with Gasteiger partial charge in [-0.15, -0.1) is 0 Å². The molecule has 3 rings (SSSR count). The molecule has 1 aromatic rings. The minimum Gasteiger partial charge on any atom is -0.508 e. The summed E-state index contributed by atoms with van der Waals surface area (Å²) >= 11 is 0. The van der Waals surface area contributed by atoms with Crippen molar-refractivity contribution < 1.29 is 20.1 Å². The first-order valence-electron chi connectivity index (χ1n) is 12.5. The van der Waals surface area contributed by atoms with E-state index in [9.17, 15) is 20.1 Å². The van der Waals surface area contributed by atoms with Gasteiger partial charge in [-0.3, -0.25) is 9.69 Å². The first kappa shape index (κ1) is 25.6. The van der Waals surface area contributed by atoms with Crippen molar-refractivity contribution in [3.8, 4) is 5.75 Å². The van der Waals surface area contributed by atoms with Crippen molar-refractivity contribution in [3.05, 3.63) is 64.7 Å². The average Bonchev–Trinajstić information content (AvgIpc) is 2.82. The third-order valence-electron chi connectivity index (χ3n) is 6.66. The van der Waals surface area contributed by atoms with Gasteiger partial charge in [0.05, 0.1) is 22.9 Å². The van der Waals surface area contributed by atoms with Crippen molar-refractivity contribution in [1.29, 1.82) is 0 Å². The van der Waals surface area contributed by atoms with Crippen molar-refractivity contribution in [1.82, 2.24) is 4.90 Å². The van der Waals surface area contributed by atoms with E-state index in [0.29, 0.717) is 11.1 Å². The third kappa shape index (κ3) is 5.07. The number of hydrogen-bond acceptors (Lipinski definition) is 6. The topological polar surface area (TPSA) is 84.2 Å². The van der Waals surface area contributed by atoms with Crippen LogP contribution in [-0.2, 0) is 4.79 Å². The number of phenols is 1. The molecule has 0 fully saturated rings. The Balaban J connectivity index is 1.88. The molecule has 0 radical (unpaired) electrons. The number of Topliss-reactive ketones (excluding diaryl/α,β-unsaturated/α-hetero) is 1. The number of aliphatic hydroxyl groups is 2. The molecule has 0 aliphatic heterocycles. The van der Waals surface area contributed by atoms with E-state index in [0.717, 1.165) is 57.5 Å². The number of allylic oxidation sites excluding steroid dienone is 3. The number of carbonyl (C=O) groups excluding carboxylic acids is 1. The van der Waals surface area contributed by atoms with Crippen LogP contribution in [0.1, 0.15) is 58.9 Å². The highest BCUT2D eigenvalue weighted by molar-refractivity contribution is 6.39. The van der Waals surface area contributed by atoms with E-state index in [2.05, 4.69) is 37.5 Å². The Morgan fingerprint density at radius 1 is 0.912 bits per heavy atom. The van der Waals surface area contributed by atoms with Crippen molar-refractivity contribution in [2.45, 2.75) is 59.4 Å². The summed E-state index contributed by atoms with van der Waals surface area (Å²) in [5.74, 6) is -0.387. The van der Waals surface area contributed by atoms with Gasteiger partial charge in [0.1, 0.15) is 17.3 Å². The van der Waals surface area contributed by atoms with Crippen LogP contribution in [0, 0.1) is 0 Å². The second-order valence-electron chi connectivity index (χ2n) is 8.86. The number of carbonyl (C=O) groups is 1. The summed E-state index contributed by atoms with van der Waals surface area (Å²) in [5.41, 5.74) is 1.85. The molecule has 2 aliphatic rings. The molecule has 1 aromatic carbocycles. The smallest absolute Gasteiger partial charge is 0.201 e. The van der Waals surface area contributed by atoms with Gasteiger partial charge in [0.2, 0.25) is 5.78 Å². The number of nitrogens with zero attached hydrogens (tertiary/aromatic N) is 2. The van der Waals surface area contributed by atoms with Gasteiger partial charge in [-0.2, -0.15) is 0 Å². The lowest BCUT2D eigenvalue weighted by atomic mass is 9.79. The molecule has 0 aromatic heterocycles. The Bertz CT molecular complexity index is 1020. The number of unbranched alkanes of at least 4 members (excludes halogenated alkanes) is 2. The van der Waals surface area contributed by atoms with Crippen LogP contribution in [0.4, 0.5) is 5.69 Å². The summed E-state index contributed by atoms with van der Waals surface area (Å²) in [7, 11) is 0. The van der Waals surface area contributed by atoms with E-state index < -0.39 is 0 Å². The zero-order valence-electron chi connectivity index (χ0n) is 20.8. The maximum absolute atomic E-state index is 13.0. The molecule has 0 amide bonds. The number of aliphatic hydroxyl groups excluding tert-OH is 2. The van der Waals surface area contributed by atoms with Crippen LogP contribution in [-0.4, -0.2) is 58.2 Å². The maximum atomic E-state index is 13.0. The molecule has 0 saturated heterocycles. The van der Waals surface area contributed by atoms with Gasteiger partial charge in [-0.25, -0.2) is 0 Å². The van der Waals surface area contributed by atoms with Crippen LogP contribution in [0.25, 0.3) is 5.57 Å². The number of hydrogen-bond donors (Lipinski definition) is 3. The SMILES string of the molecule is CCCCN(CCCC)c1ccc(C2=C(O)C(=C3C=CC(N(CC)CC)C=C3O)C2=O)cc1O. The Morgan fingerprint density at radius 3 is 2.06 bits per heavy atom. The molecular weight excluding hydrogens is 428 g/mol. The molecule has 184 valence electrons. The monoisotopic (exact) mass is 466 g/mol. The first-order chi connectivity index (χ1) is 16.4. The van der Waals surface area contributed by atoms with Crippen molar-refractivity contribution in [2.24, 2.45) is 0 Å². The highest BCUT2D eigenvalue weighted by Crippen LogP contribution is 2.42. The third-order valence-corrected chi connectivity index (χ3v) is 6.66. The van der Waals surface area contributed by atoms with E-state index in [4.69, 9.17) is 0 Å². The minimum atomic E-state index is -0.334. The van der Waals surface area contributed by atoms with E-state index in [1.165, 1.54) is 0 Å². The van der Waals surface area contributed by atoms with Crippen LogP contribution < -0.4 is 4.90 Å². The highest BCUT2D eigenvalue weighted by Gasteiger charge is 2.38. The fourth-order valence-electron chi connectivity index (χ4n) is 4.59. The molecule has 2 aliphatic carbocycles. The highest BCUT2D eigenvalue weighted by atomic mass is 16.3. The number of anilines is 1. The molecule has 6 heteroatoms. The average molecular weight is 467 g/mol. The molecule has 1 unspecified atom stereocenters. The van der Waals surface area contributed by atoms with Crippen LogP contribution >= 0.6 is 0 Å². The number of benzene rings is 1. The van der Waals surface area contributed by atoms with E-state index in [-0.39, 0.29) is 40.2 Å². The quantitative estimate of drug-likeness (QED) is 0.365. The van der Waals surface area contributed by atoms with Gasteiger partial charge >= 0.3 is 0 Å². The van der Waals surface area contributed by atoms with E-state index >= 15 is 0 Å². The molecule has 6 nitrogen and oxygen atoms in total. The van der Waals surface area contributed by atoms with Crippen LogP contribution in [0.15, 0.2) is 59.1 Å². The zero-order chi connectivity index (χ0) is 24.8. The lowest BCUT2D eigenvalue weighted by Crippen LogP contribution is -2.34. The molecule has 0 saturated carbocycles. The molecule has 0 spiro atoms. The summed E-state index contributed by atoms with van der Waals surface area (Å²) < 4.78 is 0. The van der Waals surface area contributed by atoms with Crippen LogP contribution in [0.5, 0.6) is 5.75 Å². The fourth-order valence-corrected chi connectivity index (χ4v) is 4.59. The molecule has 1 atom stereocenters. The predicted octanol–water partition coefficient (Wildman–Crippen LogP) is 5.67. The number of aromatic hydroxyl groups is 1. The Kier molecular flexibility index (Phi) is 8.61. The fraction of sp³-hybridized carbons (Fsp3) is 0.464. The van der Waals surface area contributed by atoms with Gasteiger partial charge < -0.3 is 20.2 Å². The second-order valence-corrected chi connectivity index (χ2v) is 8.86. The number of likely N-dealkylation sites (N-methyl/N-ethyl adjacent to an activating group) is 1. The van der Waals surface area contributed by atoms with E-state index in [1.807, 2.05) is 12.1 Å². The number of rotatable bonds is 11. The Labute approximate surface area is 203 Å². The minimum absolute atomic E-state index is 0.00552. The molecule has 34 heavy (non-hydrogen) atoms. The predicted molar refractivity (Wildman–Crippen MR) is 138 cm³/mol. The van der Waals surface area contributed by atoms with Crippen LogP contribution in [0.2, 0.25) is 0 Å². The van der Waals surface area contributed by atoms with Gasteiger partial charge in [0.15, 0.2) is 0 Å². The number of ketones is 1. The lowest BCUT2D eigenvalue weighted by Gasteiger charge is -2.29. The largest absolute Gasteiger partial charge is 0.508 e. The Morgan fingerprint density at radius 2 is 1.56 bits per heavy atom. The van der Waals surface area contributed by atoms with Gasteiger partial charge in [0, 0.05) is 18.7 Å². The van der Waals surface area contributed by atoms with Gasteiger partial charge in [-0.05, 0) is 49.7 Å². The van der Waals surface area contributed by atoms with Crippen LogP contribution in [0.3, 0.4) is 0 Å². The number of phenolic OH excluding ortho intramolecular Hbond substituents is 1. The molecule has 0 bridgehead atoms. The van der Waals surface area contributed by atoms with Crippen molar-refractivity contribution >= 4 is 17.0 Å². The summed E-state index contributed by atoms with van der Waals surface area (Å²) in [5, 5.41) is 32.1. The van der Waals surface area contributed by atoms with Gasteiger partial charge in [0.25, 0.3) is 0 Å². The van der Waals surface area contributed by atoms with Crippen molar-refractivity contribution in [2.75, 3.05) is 31.1 Å². The summed E-state index contributed by atoms with van der Waals surface area (Å²) in [6.45, 7) is 11.8. The Hall–Kier alpha value is -2.99. The summed E-state index contributed by atoms with van der Waals surface area (Å²) in [6.07, 6.45) is 9.54. The maximum Gasteiger partial charge on any atom is 0.201 e. The molecule has 3 N–H and O–H groups in total. The van der Waals surface area contributed by atoms with Crippen molar-refractivity contribution in [3.63, 3.8) is 0 Å². The normalized spacial score (nSPS) is 20.1. The molecular formula is C28H38N2O4. The first-order valence-corrected chi connectivity index (χ1v) is 12.5. The molecule has 0 heterocycles. The van der Waals surface area contributed by atoms with E-state index in [1.54, 1.807) is 24.3 Å². The second kappa shape index (κ2) is 11.4. The summed E-state index contributed by atoms with van der Waals surface area (Å²) in [4.78, 5) is 17.4. The zero-order valence-corrected chi connectivity index (χ0v) is 20.8. The lowest BCUT2D eigenvalue weighted by molar-refractivity contribution is -0.111. The summed E-state index contributed by atoms with van der Waals surface area (Å²) in [6, 6.07) is 5.09.